The summed E-state index contributed by atoms with van der Waals surface area (Å²) in [4.78, 5) is 21.1. The first-order chi connectivity index (χ1) is 8.81. The predicted octanol–water partition coefficient (Wildman–Crippen LogP) is 0.942. The second kappa shape index (κ2) is 4.21. The number of nitrogens with one attached hydrogen (secondary N) is 1. The normalized spacial score (nSPS) is 18.5. The first-order valence-corrected chi connectivity index (χ1v) is 5.87. The number of carbonyl (C=O) groups excluding carboxylic acids is 1. The summed E-state index contributed by atoms with van der Waals surface area (Å²) in [6.45, 7) is 2.68. The Morgan fingerprint density at radius 2 is 2.22 bits per heavy atom. The molecule has 0 saturated carbocycles. The molecule has 0 radical (unpaired) electrons. The minimum atomic E-state index is -0.0000350. The van der Waals surface area contributed by atoms with E-state index in [0.29, 0.717) is 12.4 Å². The van der Waals surface area contributed by atoms with E-state index in [1.807, 2.05) is 6.92 Å². The van der Waals surface area contributed by atoms with Gasteiger partial charge in [0.1, 0.15) is 5.69 Å². The lowest BCUT2D eigenvalue weighted by Gasteiger charge is -2.29. The van der Waals surface area contributed by atoms with Crippen LogP contribution in [0.1, 0.15) is 24.2 Å². The zero-order valence-corrected chi connectivity index (χ0v) is 10.00. The van der Waals surface area contributed by atoms with Gasteiger partial charge in [0.25, 0.3) is 0 Å². The largest absolute Gasteiger partial charge is 0.337 e. The van der Waals surface area contributed by atoms with Crippen molar-refractivity contribution in [3.63, 3.8) is 0 Å². The summed E-state index contributed by atoms with van der Waals surface area (Å²) < 4.78 is 0. The van der Waals surface area contributed by atoms with Crippen LogP contribution in [-0.2, 0) is 11.2 Å². The number of aromatic nitrogens is 4. The van der Waals surface area contributed by atoms with E-state index in [4.69, 9.17) is 0 Å². The molecule has 0 spiro atoms. The highest BCUT2D eigenvalue weighted by Crippen LogP contribution is 2.31. The van der Waals surface area contributed by atoms with Crippen LogP contribution in [0.25, 0.3) is 11.5 Å². The van der Waals surface area contributed by atoms with E-state index in [0.717, 1.165) is 29.8 Å². The van der Waals surface area contributed by atoms with Crippen molar-refractivity contribution in [1.29, 1.82) is 0 Å². The van der Waals surface area contributed by atoms with Gasteiger partial charge in [0.05, 0.1) is 11.7 Å². The lowest BCUT2D eigenvalue weighted by molar-refractivity contribution is -0.120. The molecule has 18 heavy (non-hydrogen) atoms. The van der Waals surface area contributed by atoms with Crippen molar-refractivity contribution < 1.29 is 4.79 Å². The third-order valence-electron chi connectivity index (χ3n) is 3.34. The van der Waals surface area contributed by atoms with Crippen molar-refractivity contribution >= 4 is 6.41 Å². The van der Waals surface area contributed by atoms with Crippen molar-refractivity contribution in [2.75, 3.05) is 6.54 Å². The number of hydrogen-bond donors (Lipinski definition) is 1. The second-order valence-corrected chi connectivity index (χ2v) is 4.30. The van der Waals surface area contributed by atoms with Crippen molar-refractivity contribution in [3.8, 4) is 11.5 Å². The van der Waals surface area contributed by atoms with Gasteiger partial charge in [-0.05, 0) is 19.4 Å². The maximum absolute atomic E-state index is 10.9. The van der Waals surface area contributed by atoms with Crippen molar-refractivity contribution in [2.24, 2.45) is 0 Å². The second-order valence-electron chi connectivity index (χ2n) is 4.30. The average Bonchev–Trinajstić information content (AvgIpc) is 2.85. The Labute approximate surface area is 104 Å². The van der Waals surface area contributed by atoms with Crippen LogP contribution in [0, 0.1) is 0 Å². The zero-order chi connectivity index (χ0) is 12.5. The van der Waals surface area contributed by atoms with Crippen molar-refractivity contribution in [1.82, 2.24) is 25.1 Å². The highest BCUT2D eigenvalue weighted by atomic mass is 16.1. The number of nitrogens with zero attached hydrogens (tertiary/aromatic N) is 4. The molecule has 0 aromatic carbocycles. The molecule has 1 atom stereocenters. The molecule has 0 saturated heterocycles. The van der Waals surface area contributed by atoms with E-state index in [9.17, 15) is 4.79 Å². The fraction of sp³-hybridized carbons (Fsp3) is 0.333. The van der Waals surface area contributed by atoms with Gasteiger partial charge in [-0.25, -0.2) is 9.97 Å². The molecule has 1 amide bonds. The van der Waals surface area contributed by atoms with Crippen molar-refractivity contribution in [2.45, 2.75) is 19.4 Å². The van der Waals surface area contributed by atoms with Gasteiger partial charge in [0.2, 0.25) is 6.41 Å². The van der Waals surface area contributed by atoms with Gasteiger partial charge in [-0.2, -0.15) is 5.10 Å². The lowest BCUT2D eigenvalue weighted by atomic mass is 9.99. The highest BCUT2D eigenvalue weighted by molar-refractivity contribution is 5.59. The van der Waals surface area contributed by atoms with Gasteiger partial charge < -0.3 is 4.90 Å². The molecule has 3 rings (SSSR count). The fourth-order valence-corrected chi connectivity index (χ4v) is 2.33. The molecule has 92 valence electrons. The molecule has 2 aromatic rings. The van der Waals surface area contributed by atoms with Crippen LogP contribution in [0.3, 0.4) is 0 Å². The van der Waals surface area contributed by atoms with Crippen LogP contribution in [0.5, 0.6) is 0 Å². The van der Waals surface area contributed by atoms with Gasteiger partial charge in [-0.15, -0.1) is 0 Å². The molecule has 2 aromatic heterocycles. The molecular formula is C12H13N5O. The van der Waals surface area contributed by atoms with Crippen LogP contribution >= 0.6 is 0 Å². The number of hydrogen-bond acceptors (Lipinski definition) is 4. The van der Waals surface area contributed by atoms with E-state index in [1.165, 1.54) is 0 Å². The quantitative estimate of drug-likeness (QED) is 0.796. The monoisotopic (exact) mass is 243 g/mol. The molecule has 3 heterocycles. The summed E-state index contributed by atoms with van der Waals surface area (Å²) in [6.07, 6.45) is 5.07. The smallest absolute Gasteiger partial charge is 0.210 e. The van der Waals surface area contributed by atoms with Gasteiger partial charge >= 0.3 is 0 Å². The standard InChI is InChI=1S/C12H13N5O/c1-8-10-9(3-6-17(8)7-18)11(16-15-10)12-13-4-2-5-14-12/h2,4-5,7-8H,3,6H2,1H3,(H,15,16). The number of amides is 1. The number of rotatable bonds is 2. The highest BCUT2D eigenvalue weighted by Gasteiger charge is 2.28. The van der Waals surface area contributed by atoms with Gasteiger partial charge in [-0.3, -0.25) is 9.89 Å². The Bertz CT molecular complexity index is 565. The van der Waals surface area contributed by atoms with Gasteiger partial charge in [-0.1, -0.05) is 0 Å². The number of fused-ring (bicyclic) bond motifs is 1. The minimum Gasteiger partial charge on any atom is -0.337 e. The maximum atomic E-state index is 10.9. The average molecular weight is 243 g/mol. The number of H-pyrrole nitrogens is 1. The summed E-state index contributed by atoms with van der Waals surface area (Å²) in [5.74, 6) is 0.651. The number of carbonyl (C=O) groups is 1. The lowest BCUT2D eigenvalue weighted by Crippen LogP contribution is -2.32. The molecule has 0 fully saturated rings. The van der Waals surface area contributed by atoms with E-state index >= 15 is 0 Å². The number of aromatic amines is 1. The molecule has 1 N–H and O–H groups in total. The first kappa shape index (κ1) is 10.9. The van der Waals surface area contributed by atoms with Gasteiger partial charge in [0.15, 0.2) is 5.82 Å². The van der Waals surface area contributed by atoms with E-state index in [1.54, 1.807) is 23.4 Å². The molecule has 1 aliphatic heterocycles. The SMILES string of the molecule is CC1c2n[nH]c(-c3ncccn3)c2CCN1C=O. The van der Waals surface area contributed by atoms with Crippen LogP contribution < -0.4 is 0 Å². The van der Waals surface area contributed by atoms with Crippen molar-refractivity contribution in [3.05, 3.63) is 29.7 Å². The molecular weight excluding hydrogens is 230 g/mol. The van der Waals surface area contributed by atoms with Gasteiger partial charge in [0, 0.05) is 24.5 Å². The third-order valence-corrected chi connectivity index (χ3v) is 3.34. The summed E-state index contributed by atoms with van der Waals surface area (Å²) >= 11 is 0. The third kappa shape index (κ3) is 1.57. The zero-order valence-electron chi connectivity index (χ0n) is 10.00. The minimum absolute atomic E-state index is 0.0000350. The molecule has 0 aliphatic carbocycles. The van der Waals surface area contributed by atoms with Crippen LogP contribution in [0.4, 0.5) is 0 Å². The van der Waals surface area contributed by atoms with Crippen LogP contribution in [0.2, 0.25) is 0 Å². The summed E-state index contributed by atoms with van der Waals surface area (Å²) in [5.41, 5.74) is 2.89. The fourth-order valence-electron chi connectivity index (χ4n) is 2.33. The van der Waals surface area contributed by atoms with Crippen LogP contribution in [-0.4, -0.2) is 38.0 Å². The Morgan fingerprint density at radius 3 is 2.94 bits per heavy atom. The molecule has 1 unspecified atom stereocenters. The van der Waals surface area contributed by atoms with E-state index in [-0.39, 0.29) is 6.04 Å². The van der Waals surface area contributed by atoms with E-state index in [2.05, 4.69) is 20.2 Å². The summed E-state index contributed by atoms with van der Waals surface area (Å²) in [7, 11) is 0. The van der Waals surface area contributed by atoms with Crippen LogP contribution in [0.15, 0.2) is 18.5 Å². The molecule has 1 aliphatic rings. The first-order valence-electron chi connectivity index (χ1n) is 5.87. The predicted molar refractivity (Wildman–Crippen MR) is 64.5 cm³/mol. The van der Waals surface area contributed by atoms with E-state index < -0.39 is 0 Å². The molecule has 6 nitrogen and oxygen atoms in total. The Morgan fingerprint density at radius 1 is 1.44 bits per heavy atom. The maximum Gasteiger partial charge on any atom is 0.210 e. The topological polar surface area (TPSA) is 74.8 Å². The Hall–Kier alpha value is -2.24. The Kier molecular flexibility index (Phi) is 2.55. The Balaban J connectivity index is 2.05. The molecule has 0 bridgehead atoms. The summed E-state index contributed by atoms with van der Waals surface area (Å²) in [5, 5.41) is 7.30. The molecule has 6 heteroatoms. The summed E-state index contributed by atoms with van der Waals surface area (Å²) in [6, 6.07) is 1.78.